The molecule has 17 heavy (non-hydrogen) atoms. The molecule has 2 aromatic carbocycles. The van der Waals surface area contributed by atoms with E-state index in [4.69, 9.17) is 0 Å². The molecule has 0 bridgehead atoms. The van der Waals surface area contributed by atoms with Gasteiger partial charge in [0.25, 0.3) is 0 Å². The topological polar surface area (TPSA) is 0 Å². The monoisotopic (exact) mass is 481 g/mol. The van der Waals surface area contributed by atoms with Crippen LogP contribution in [-0.4, -0.2) is 0 Å². The molecule has 3 rings (SSSR count). The van der Waals surface area contributed by atoms with Crippen molar-refractivity contribution in [3.05, 3.63) is 60.2 Å². The zero-order valence-electron chi connectivity index (χ0n) is 9.16. The number of halogens is 2. The molecule has 2 aromatic rings. The number of allylic oxidation sites excluding steroid dienone is 4. The maximum atomic E-state index is 2.27. The van der Waals surface area contributed by atoms with Crippen molar-refractivity contribution in [3.63, 3.8) is 0 Å². The quantitative estimate of drug-likeness (QED) is 0.249. The molecular formula is C14H11I2Ti. The maximum absolute atomic E-state index is 2.27. The van der Waals surface area contributed by atoms with Crippen LogP contribution in [0, 0.1) is 0 Å². The number of hydrogen-bond donors (Lipinski definition) is 0. The molecule has 0 spiro atoms. The molecule has 0 fully saturated rings. The molecule has 0 saturated carbocycles. The molecule has 1 aliphatic carbocycles. The molecule has 0 saturated heterocycles. The summed E-state index contributed by atoms with van der Waals surface area (Å²) in [4.78, 5) is 0. The average molecular weight is 481 g/mol. The summed E-state index contributed by atoms with van der Waals surface area (Å²) in [6, 6.07) is 13.1. The second-order valence-corrected chi connectivity index (χ2v) is 3.70. The summed E-state index contributed by atoms with van der Waals surface area (Å²) in [5.74, 6) is 0. The molecule has 0 heterocycles. The van der Waals surface area contributed by atoms with Crippen LogP contribution < -0.4 is 48.0 Å². The Hall–Kier alpha value is 0.484. The fourth-order valence-electron chi connectivity index (χ4n) is 2.00. The van der Waals surface area contributed by atoms with Gasteiger partial charge in [-0.05, 0) is 6.42 Å². The predicted molar refractivity (Wildman–Crippen MR) is 61.3 cm³/mol. The van der Waals surface area contributed by atoms with Crippen LogP contribution in [0.5, 0.6) is 0 Å². The van der Waals surface area contributed by atoms with Gasteiger partial charge in [-0.3, -0.25) is 0 Å². The number of benzene rings is 1. The van der Waals surface area contributed by atoms with Crippen LogP contribution in [0.4, 0.5) is 0 Å². The van der Waals surface area contributed by atoms with Gasteiger partial charge in [-0.2, -0.15) is 0 Å². The first-order valence-electron chi connectivity index (χ1n) is 4.95. The molecule has 1 aliphatic rings. The third kappa shape index (κ3) is 3.72. The number of hydrogen-bond acceptors (Lipinski definition) is 0. The Bertz CT molecular complexity index is 505. The van der Waals surface area contributed by atoms with Crippen LogP contribution in [0.25, 0.3) is 16.3 Å². The van der Waals surface area contributed by atoms with Gasteiger partial charge in [0, 0.05) is 0 Å². The molecule has 0 unspecified atom stereocenters. The largest absolute Gasteiger partial charge is 3.00 e. The summed E-state index contributed by atoms with van der Waals surface area (Å²) in [6.07, 6.45) is 7.62. The maximum Gasteiger partial charge on any atom is 3.00 e. The standard InChI is InChI=1S/C14H11.2HI.Ti/c1-2-6-11(5-1)14-9-12-7-3-4-8-13(12)10-14;;;/h1-5,7-10H,6H2;2*1H;/q-1;;;+3/p-2. The van der Waals surface area contributed by atoms with E-state index in [9.17, 15) is 0 Å². The van der Waals surface area contributed by atoms with E-state index < -0.39 is 0 Å². The van der Waals surface area contributed by atoms with Crippen LogP contribution >= 0.6 is 0 Å². The van der Waals surface area contributed by atoms with Crippen LogP contribution in [-0.2, 0) is 21.7 Å². The van der Waals surface area contributed by atoms with E-state index in [0.717, 1.165) is 6.42 Å². The minimum absolute atomic E-state index is 0. The summed E-state index contributed by atoms with van der Waals surface area (Å²) in [5.41, 5.74) is 2.80. The van der Waals surface area contributed by atoms with Crippen molar-refractivity contribution < 1.29 is 69.7 Å². The Kier molecular flexibility index (Phi) is 8.04. The first kappa shape index (κ1) is 17.5. The summed E-state index contributed by atoms with van der Waals surface area (Å²) in [5, 5.41) is 2.69. The van der Waals surface area contributed by atoms with Crippen molar-refractivity contribution in [2.45, 2.75) is 6.42 Å². The van der Waals surface area contributed by atoms with Crippen molar-refractivity contribution in [2.24, 2.45) is 0 Å². The Balaban J connectivity index is 0.000000853. The smallest absolute Gasteiger partial charge is 1.00 e. The van der Waals surface area contributed by atoms with Gasteiger partial charge in [-0.25, -0.2) is 0 Å². The van der Waals surface area contributed by atoms with E-state index in [1.54, 1.807) is 0 Å². The minimum atomic E-state index is 0. The molecule has 1 radical (unpaired) electrons. The first-order valence-corrected chi connectivity index (χ1v) is 4.95. The first-order chi connectivity index (χ1) is 6.93. The van der Waals surface area contributed by atoms with E-state index in [-0.39, 0.29) is 69.7 Å². The van der Waals surface area contributed by atoms with Gasteiger partial charge in [0.1, 0.15) is 0 Å². The van der Waals surface area contributed by atoms with E-state index in [0.29, 0.717) is 0 Å². The van der Waals surface area contributed by atoms with E-state index in [1.807, 2.05) is 0 Å². The normalized spacial score (nSPS) is 12.4. The number of rotatable bonds is 1. The molecule has 0 atom stereocenters. The second-order valence-electron chi connectivity index (χ2n) is 3.70. The molecular weight excluding hydrogens is 470 g/mol. The van der Waals surface area contributed by atoms with Gasteiger partial charge in [0.2, 0.25) is 0 Å². The molecule has 0 aromatic heterocycles. The van der Waals surface area contributed by atoms with Crippen LogP contribution in [0.3, 0.4) is 0 Å². The van der Waals surface area contributed by atoms with E-state index >= 15 is 0 Å². The van der Waals surface area contributed by atoms with Gasteiger partial charge in [0.05, 0.1) is 0 Å². The van der Waals surface area contributed by atoms with Crippen molar-refractivity contribution in [1.29, 1.82) is 0 Å². The van der Waals surface area contributed by atoms with Gasteiger partial charge in [-0.1, -0.05) is 36.4 Å². The van der Waals surface area contributed by atoms with E-state index in [2.05, 4.69) is 54.6 Å². The average Bonchev–Trinajstić information content (AvgIpc) is 2.86. The molecule has 0 N–H and O–H groups in total. The van der Waals surface area contributed by atoms with Gasteiger partial charge in [0.15, 0.2) is 0 Å². The second kappa shape index (κ2) is 7.82. The molecule has 0 amide bonds. The third-order valence-electron chi connectivity index (χ3n) is 2.76. The Morgan fingerprint density at radius 1 is 1.06 bits per heavy atom. The van der Waals surface area contributed by atoms with Gasteiger partial charge >= 0.3 is 21.7 Å². The summed E-state index contributed by atoms with van der Waals surface area (Å²) in [6.45, 7) is 0. The van der Waals surface area contributed by atoms with Crippen LogP contribution in [0.15, 0.2) is 54.6 Å². The van der Waals surface area contributed by atoms with Gasteiger partial charge in [-0.15, -0.1) is 40.1 Å². The summed E-state index contributed by atoms with van der Waals surface area (Å²) < 4.78 is 0. The van der Waals surface area contributed by atoms with Crippen molar-refractivity contribution in [3.8, 4) is 0 Å². The third-order valence-corrected chi connectivity index (χ3v) is 2.76. The molecule has 0 aliphatic heterocycles. The van der Waals surface area contributed by atoms with E-state index in [1.165, 1.54) is 21.9 Å². The van der Waals surface area contributed by atoms with Crippen molar-refractivity contribution >= 4 is 16.3 Å². The zero-order chi connectivity index (χ0) is 9.38. The minimum Gasteiger partial charge on any atom is -1.00 e. The SMILES string of the molecule is C1=CCC(c2cc3ccccc3[cH-]2)=C1.[I-].[I-].[Ti+3]. The summed E-state index contributed by atoms with van der Waals surface area (Å²) >= 11 is 0. The Morgan fingerprint density at radius 3 is 2.47 bits per heavy atom. The Labute approximate surface area is 151 Å². The van der Waals surface area contributed by atoms with Crippen molar-refractivity contribution in [1.82, 2.24) is 0 Å². The van der Waals surface area contributed by atoms with Gasteiger partial charge < -0.3 is 48.0 Å². The molecule has 85 valence electrons. The fraction of sp³-hybridized carbons (Fsp3) is 0.0714. The predicted octanol–water partition coefficient (Wildman–Crippen LogP) is -2.09. The number of fused-ring (bicyclic) bond motifs is 1. The Morgan fingerprint density at radius 2 is 1.82 bits per heavy atom. The van der Waals surface area contributed by atoms with Crippen molar-refractivity contribution in [2.75, 3.05) is 0 Å². The van der Waals surface area contributed by atoms with Crippen LogP contribution in [0.2, 0.25) is 0 Å². The molecule has 0 nitrogen and oxygen atoms in total. The summed E-state index contributed by atoms with van der Waals surface area (Å²) in [7, 11) is 0. The van der Waals surface area contributed by atoms with Crippen LogP contribution in [0.1, 0.15) is 12.0 Å². The molecule has 3 heteroatoms. The fourth-order valence-corrected chi connectivity index (χ4v) is 2.00. The zero-order valence-corrected chi connectivity index (χ0v) is 15.0.